The topological polar surface area (TPSA) is 276 Å². The summed E-state index contributed by atoms with van der Waals surface area (Å²) in [7, 11) is -8.84. The molecule has 30 heavy (non-hydrogen) atoms. The molecule has 4 amide bonds. The van der Waals surface area contributed by atoms with E-state index in [9.17, 15) is 45.6 Å². The maximum Gasteiger partial charge on any atom is 0.303 e. The molecule has 0 radical (unpaired) electrons. The second-order valence-electron chi connectivity index (χ2n) is 5.53. The van der Waals surface area contributed by atoms with Gasteiger partial charge in [0.2, 0.25) is 23.6 Å². The summed E-state index contributed by atoms with van der Waals surface area (Å²) >= 11 is 0. The van der Waals surface area contributed by atoms with E-state index >= 15 is 0 Å². The Labute approximate surface area is 168 Å². The molecule has 2 rings (SSSR count). The van der Waals surface area contributed by atoms with Crippen LogP contribution in [-0.2, 0) is 49.0 Å². The van der Waals surface area contributed by atoms with Gasteiger partial charge in [-0.25, -0.2) is 0 Å². The molecule has 2 saturated heterocycles. The molecule has 0 aromatic rings. The van der Waals surface area contributed by atoms with E-state index in [0.717, 1.165) is 0 Å². The predicted octanol–water partition coefficient (Wildman–Crippen LogP) is -3.49. The Kier molecular flexibility index (Phi) is 9.66. The maximum absolute atomic E-state index is 10.6. The lowest BCUT2D eigenvalue weighted by Gasteiger charge is -1.98. The van der Waals surface area contributed by atoms with E-state index in [1.807, 2.05) is 0 Å². The number of carboxylic acids is 2. The molecule has 170 valence electrons. The van der Waals surface area contributed by atoms with Crippen molar-refractivity contribution in [2.75, 3.05) is 0 Å². The molecule has 0 saturated carbocycles. The third-order valence-electron chi connectivity index (χ3n) is 3.12. The third kappa shape index (κ3) is 10.0. The first-order valence-corrected chi connectivity index (χ1v) is 10.5. The van der Waals surface area contributed by atoms with E-state index in [0.29, 0.717) is 0 Å². The molecule has 16 nitrogen and oxygen atoms in total. The molecule has 0 aliphatic carbocycles. The standard InChI is InChI=1S/2C4H5NO5S.C4H6O4/c2*6-3-1-2(4(7)5-3)11(8,9)10;5-3(6)1-2-4(7)8/h2*2H,1H2,(H,5,6,7)(H,8,9,10);1-2H2,(H,5,6)(H,7,8). The van der Waals surface area contributed by atoms with Gasteiger partial charge in [-0.15, -0.1) is 0 Å². The number of nitrogens with one attached hydrogen (secondary N) is 2. The van der Waals surface area contributed by atoms with E-state index in [1.54, 1.807) is 10.6 Å². The second kappa shape index (κ2) is 10.7. The maximum atomic E-state index is 10.6. The van der Waals surface area contributed by atoms with Crippen molar-refractivity contribution < 1.29 is 64.9 Å². The summed E-state index contributed by atoms with van der Waals surface area (Å²) in [5, 5.41) is 16.1. The predicted molar refractivity (Wildman–Crippen MR) is 90.7 cm³/mol. The quantitative estimate of drug-likeness (QED) is 0.166. The lowest BCUT2D eigenvalue weighted by molar-refractivity contribution is -0.143. The van der Waals surface area contributed by atoms with Crippen molar-refractivity contribution >= 4 is 55.8 Å². The zero-order valence-electron chi connectivity index (χ0n) is 14.7. The molecule has 2 aliphatic rings. The summed E-state index contributed by atoms with van der Waals surface area (Å²) in [6.07, 6.45) is -1.57. The van der Waals surface area contributed by atoms with Gasteiger partial charge in [0.15, 0.2) is 10.5 Å². The van der Waals surface area contributed by atoms with E-state index in [2.05, 4.69) is 0 Å². The largest absolute Gasteiger partial charge is 0.481 e. The van der Waals surface area contributed by atoms with Crippen molar-refractivity contribution in [2.24, 2.45) is 0 Å². The first-order valence-electron chi connectivity index (χ1n) is 7.48. The number of amides is 4. The average molecular weight is 476 g/mol. The fourth-order valence-electron chi connectivity index (χ4n) is 1.76. The van der Waals surface area contributed by atoms with Gasteiger partial charge in [-0.3, -0.25) is 48.5 Å². The van der Waals surface area contributed by atoms with Crippen LogP contribution < -0.4 is 10.6 Å². The van der Waals surface area contributed by atoms with Crippen LogP contribution in [0.1, 0.15) is 25.7 Å². The van der Waals surface area contributed by atoms with Gasteiger partial charge in [-0.1, -0.05) is 0 Å². The molecule has 0 bridgehead atoms. The SMILES string of the molecule is O=C(O)CCC(=O)O.O=C1CC(S(=O)(=O)O)C(=O)N1.O=C1CC(S(=O)(=O)O)C(=O)N1. The number of imide groups is 2. The van der Waals surface area contributed by atoms with E-state index in [-0.39, 0.29) is 12.8 Å². The van der Waals surface area contributed by atoms with Crippen molar-refractivity contribution in [1.82, 2.24) is 10.6 Å². The van der Waals surface area contributed by atoms with Crippen LogP contribution in [0.2, 0.25) is 0 Å². The number of aliphatic carboxylic acids is 2. The fraction of sp³-hybridized carbons (Fsp3) is 0.500. The number of carbonyl (C=O) groups is 6. The molecule has 6 N–H and O–H groups in total. The Hall–Kier alpha value is -2.96. The number of rotatable bonds is 5. The summed E-state index contributed by atoms with van der Waals surface area (Å²) in [6.45, 7) is 0. The van der Waals surface area contributed by atoms with Gasteiger partial charge in [-0.05, 0) is 0 Å². The lowest BCUT2D eigenvalue weighted by Crippen LogP contribution is -2.30. The first-order chi connectivity index (χ1) is 13.4. The van der Waals surface area contributed by atoms with Crippen LogP contribution in [0.3, 0.4) is 0 Å². The number of hydrogen-bond donors (Lipinski definition) is 6. The van der Waals surface area contributed by atoms with Gasteiger partial charge in [0.1, 0.15) is 0 Å². The number of carbonyl (C=O) groups excluding carboxylic acids is 4. The van der Waals surface area contributed by atoms with Gasteiger partial charge in [0.05, 0.1) is 25.7 Å². The molecular formula is C12H16N2O14S2. The summed E-state index contributed by atoms with van der Waals surface area (Å²) in [4.78, 5) is 61.2. The Morgan fingerprint density at radius 3 is 1.10 bits per heavy atom. The van der Waals surface area contributed by atoms with E-state index in [4.69, 9.17) is 19.3 Å². The molecule has 2 fully saturated rings. The minimum atomic E-state index is -4.42. The van der Waals surface area contributed by atoms with Crippen LogP contribution in [-0.4, -0.2) is 82.2 Å². The lowest BCUT2D eigenvalue weighted by atomic mass is 10.3. The Bertz CT molecular complexity index is 873. The minimum Gasteiger partial charge on any atom is -0.481 e. The highest BCUT2D eigenvalue weighted by Crippen LogP contribution is 2.10. The monoisotopic (exact) mass is 476 g/mol. The van der Waals surface area contributed by atoms with Crippen molar-refractivity contribution in [1.29, 1.82) is 0 Å². The molecule has 2 heterocycles. The summed E-state index contributed by atoms with van der Waals surface area (Å²) in [5.41, 5.74) is 0. The Morgan fingerprint density at radius 1 is 0.733 bits per heavy atom. The van der Waals surface area contributed by atoms with Crippen LogP contribution in [0.4, 0.5) is 0 Å². The fourth-order valence-corrected chi connectivity index (χ4v) is 3.14. The molecular weight excluding hydrogens is 460 g/mol. The normalized spacial score (nSPS) is 20.9. The number of hydrogen-bond acceptors (Lipinski definition) is 10. The highest BCUT2D eigenvalue weighted by Gasteiger charge is 2.40. The van der Waals surface area contributed by atoms with Crippen LogP contribution >= 0.6 is 0 Å². The molecule has 2 aliphatic heterocycles. The van der Waals surface area contributed by atoms with Crippen LogP contribution in [0.5, 0.6) is 0 Å². The van der Waals surface area contributed by atoms with E-state index in [1.165, 1.54) is 0 Å². The molecule has 2 atom stereocenters. The van der Waals surface area contributed by atoms with Crippen LogP contribution in [0, 0.1) is 0 Å². The molecule has 18 heteroatoms. The number of carboxylic acid groups (broad SMARTS) is 2. The van der Waals surface area contributed by atoms with Crippen molar-refractivity contribution in [3.8, 4) is 0 Å². The van der Waals surface area contributed by atoms with Crippen LogP contribution in [0.25, 0.3) is 0 Å². The molecule has 0 spiro atoms. The second-order valence-corrected chi connectivity index (χ2v) is 8.73. The Morgan fingerprint density at radius 2 is 1.00 bits per heavy atom. The van der Waals surface area contributed by atoms with Crippen molar-refractivity contribution in [3.05, 3.63) is 0 Å². The van der Waals surface area contributed by atoms with Gasteiger partial charge < -0.3 is 10.2 Å². The zero-order chi connectivity index (χ0) is 23.9. The zero-order valence-corrected chi connectivity index (χ0v) is 16.3. The van der Waals surface area contributed by atoms with E-state index < -0.39 is 79.1 Å². The summed E-state index contributed by atoms with van der Waals surface area (Å²) < 4.78 is 58.1. The molecule has 0 aromatic carbocycles. The summed E-state index contributed by atoms with van der Waals surface area (Å²) in [6, 6.07) is 0. The van der Waals surface area contributed by atoms with Gasteiger partial charge >= 0.3 is 11.9 Å². The third-order valence-corrected chi connectivity index (χ3v) is 5.32. The average Bonchev–Trinajstić information content (AvgIpc) is 3.07. The smallest absolute Gasteiger partial charge is 0.303 e. The molecule has 0 aromatic heterocycles. The summed E-state index contributed by atoms with van der Waals surface area (Å²) in [5.74, 6) is -5.44. The van der Waals surface area contributed by atoms with Gasteiger partial charge in [-0.2, -0.15) is 16.8 Å². The van der Waals surface area contributed by atoms with Crippen molar-refractivity contribution in [2.45, 2.75) is 36.2 Å². The van der Waals surface area contributed by atoms with Crippen molar-refractivity contribution in [3.63, 3.8) is 0 Å². The first kappa shape index (κ1) is 27.0. The van der Waals surface area contributed by atoms with Gasteiger partial charge in [0, 0.05) is 0 Å². The highest BCUT2D eigenvalue weighted by molar-refractivity contribution is 7.87. The Balaban J connectivity index is 0.000000428. The minimum absolute atomic E-state index is 0.296. The van der Waals surface area contributed by atoms with Crippen LogP contribution in [0.15, 0.2) is 0 Å². The van der Waals surface area contributed by atoms with Gasteiger partial charge in [0.25, 0.3) is 20.2 Å². The molecule has 2 unspecified atom stereocenters. The highest BCUT2D eigenvalue weighted by atomic mass is 32.2.